The Labute approximate surface area is 75.6 Å². The molecule has 0 fully saturated rings. The lowest BCUT2D eigenvalue weighted by molar-refractivity contribution is -0.171. The molecule has 0 aliphatic heterocycles. The number of hydrogen-bond donors (Lipinski definition) is 1. The van der Waals surface area contributed by atoms with Crippen molar-refractivity contribution in [3.8, 4) is 0 Å². The van der Waals surface area contributed by atoms with Gasteiger partial charge in [-0.05, 0) is 13.3 Å². The standard InChI is InChI=1S/C8H14F3NO/c1-7(12)4-2-3-5-13-6-8(9,10)11/h2-3,7H,4-6,12H2,1H3/b3-2-. The molecule has 0 bridgehead atoms. The van der Waals surface area contributed by atoms with Crippen LogP contribution in [0.15, 0.2) is 12.2 Å². The molecule has 0 saturated carbocycles. The second-order valence-corrected chi connectivity index (χ2v) is 2.81. The molecular formula is C8H14F3NO. The number of nitrogens with two attached hydrogens (primary N) is 1. The summed E-state index contributed by atoms with van der Waals surface area (Å²) in [5.74, 6) is 0. The molecule has 5 heteroatoms. The minimum Gasteiger partial charge on any atom is -0.368 e. The van der Waals surface area contributed by atoms with Crippen molar-refractivity contribution in [2.75, 3.05) is 13.2 Å². The van der Waals surface area contributed by atoms with Crippen molar-refractivity contribution in [1.29, 1.82) is 0 Å². The van der Waals surface area contributed by atoms with E-state index in [1.807, 2.05) is 6.92 Å². The maximum absolute atomic E-state index is 11.5. The van der Waals surface area contributed by atoms with Crippen molar-refractivity contribution < 1.29 is 17.9 Å². The number of hydrogen-bond acceptors (Lipinski definition) is 2. The minimum absolute atomic E-state index is 0.0216. The summed E-state index contributed by atoms with van der Waals surface area (Å²) in [6.45, 7) is 0.600. The molecule has 0 saturated heterocycles. The first-order valence-corrected chi connectivity index (χ1v) is 3.97. The van der Waals surface area contributed by atoms with Gasteiger partial charge in [0.05, 0.1) is 6.61 Å². The maximum atomic E-state index is 11.5. The molecule has 13 heavy (non-hydrogen) atoms. The Morgan fingerprint density at radius 1 is 1.38 bits per heavy atom. The first-order chi connectivity index (χ1) is 5.92. The Balaban J connectivity index is 3.31. The summed E-state index contributed by atoms with van der Waals surface area (Å²) in [5.41, 5.74) is 5.40. The molecule has 0 spiro atoms. The highest BCUT2D eigenvalue weighted by Crippen LogP contribution is 2.14. The Morgan fingerprint density at radius 3 is 2.46 bits per heavy atom. The topological polar surface area (TPSA) is 35.2 Å². The van der Waals surface area contributed by atoms with Crippen molar-refractivity contribution >= 4 is 0 Å². The van der Waals surface area contributed by atoms with Crippen LogP contribution >= 0.6 is 0 Å². The third-order valence-electron chi connectivity index (χ3n) is 1.15. The molecule has 2 nitrogen and oxygen atoms in total. The Hall–Kier alpha value is -0.550. The summed E-state index contributed by atoms with van der Waals surface area (Å²) >= 11 is 0. The van der Waals surface area contributed by atoms with Crippen LogP contribution in [0.25, 0.3) is 0 Å². The summed E-state index contributed by atoms with van der Waals surface area (Å²) in [7, 11) is 0. The summed E-state index contributed by atoms with van der Waals surface area (Å²) in [5, 5.41) is 0. The number of rotatable bonds is 5. The molecule has 0 heterocycles. The van der Waals surface area contributed by atoms with Crippen molar-refractivity contribution in [3.05, 3.63) is 12.2 Å². The van der Waals surface area contributed by atoms with E-state index in [9.17, 15) is 13.2 Å². The van der Waals surface area contributed by atoms with Gasteiger partial charge in [-0.15, -0.1) is 0 Å². The Morgan fingerprint density at radius 2 is 2.00 bits per heavy atom. The molecule has 0 aliphatic rings. The van der Waals surface area contributed by atoms with Gasteiger partial charge < -0.3 is 10.5 Å². The van der Waals surface area contributed by atoms with Crippen LogP contribution in [0.2, 0.25) is 0 Å². The number of halogens is 3. The fourth-order valence-electron chi connectivity index (χ4n) is 0.622. The van der Waals surface area contributed by atoms with Crippen LogP contribution in [-0.2, 0) is 4.74 Å². The largest absolute Gasteiger partial charge is 0.411 e. The molecule has 0 amide bonds. The molecule has 1 unspecified atom stereocenters. The van der Waals surface area contributed by atoms with E-state index in [1.54, 1.807) is 6.08 Å². The Kier molecular flexibility index (Phi) is 5.73. The van der Waals surface area contributed by atoms with Crippen molar-refractivity contribution in [2.24, 2.45) is 5.73 Å². The monoisotopic (exact) mass is 197 g/mol. The second-order valence-electron chi connectivity index (χ2n) is 2.81. The average Bonchev–Trinajstić information content (AvgIpc) is 1.93. The van der Waals surface area contributed by atoms with Crippen LogP contribution in [0.3, 0.4) is 0 Å². The van der Waals surface area contributed by atoms with E-state index in [0.717, 1.165) is 0 Å². The van der Waals surface area contributed by atoms with E-state index < -0.39 is 12.8 Å². The molecular weight excluding hydrogens is 183 g/mol. The quantitative estimate of drug-likeness (QED) is 0.539. The minimum atomic E-state index is -4.24. The fourth-order valence-corrected chi connectivity index (χ4v) is 0.622. The third-order valence-corrected chi connectivity index (χ3v) is 1.15. The van der Waals surface area contributed by atoms with Crippen LogP contribution in [-0.4, -0.2) is 25.4 Å². The molecule has 0 aromatic carbocycles. The lowest BCUT2D eigenvalue weighted by Crippen LogP contribution is -2.17. The normalized spacial score (nSPS) is 15.2. The van der Waals surface area contributed by atoms with Crippen LogP contribution in [0.4, 0.5) is 13.2 Å². The van der Waals surface area contributed by atoms with Crippen molar-refractivity contribution in [1.82, 2.24) is 0 Å². The predicted molar refractivity (Wildman–Crippen MR) is 44.3 cm³/mol. The van der Waals surface area contributed by atoms with Gasteiger partial charge in [-0.25, -0.2) is 0 Å². The van der Waals surface area contributed by atoms with E-state index in [2.05, 4.69) is 4.74 Å². The molecule has 0 aromatic rings. The van der Waals surface area contributed by atoms with Gasteiger partial charge in [0.25, 0.3) is 0 Å². The van der Waals surface area contributed by atoms with Crippen LogP contribution in [0, 0.1) is 0 Å². The van der Waals surface area contributed by atoms with E-state index in [1.165, 1.54) is 6.08 Å². The van der Waals surface area contributed by atoms with Gasteiger partial charge in [-0.2, -0.15) is 13.2 Å². The second kappa shape index (κ2) is 5.99. The zero-order chi connectivity index (χ0) is 10.3. The van der Waals surface area contributed by atoms with Crippen molar-refractivity contribution in [2.45, 2.75) is 25.6 Å². The van der Waals surface area contributed by atoms with E-state index in [4.69, 9.17) is 5.73 Å². The third kappa shape index (κ3) is 11.5. The number of ether oxygens (including phenoxy) is 1. The van der Waals surface area contributed by atoms with Gasteiger partial charge in [0.2, 0.25) is 0 Å². The summed E-state index contributed by atoms with van der Waals surface area (Å²) in [6, 6.07) is 0.0267. The van der Waals surface area contributed by atoms with E-state index in [-0.39, 0.29) is 12.6 Å². The van der Waals surface area contributed by atoms with Gasteiger partial charge in [0.1, 0.15) is 6.61 Å². The van der Waals surface area contributed by atoms with Gasteiger partial charge in [0, 0.05) is 6.04 Å². The van der Waals surface area contributed by atoms with Gasteiger partial charge in [-0.1, -0.05) is 12.2 Å². The molecule has 0 aliphatic carbocycles. The van der Waals surface area contributed by atoms with Gasteiger partial charge in [0.15, 0.2) is 0 Å². The highest BCUT2D eigenvalue weighted by molar-refractivity contribution is 4.84. The fraction of sp³-hybridized carbons (Fsp3) is 0.750. The van der Waals surface area contributed by atoms with E-state index >= 15 is 0 Å². The summed E-state index contributed by atoms with van der Waals surface area (Å²) < 4.78 is 38.9. The van der Waals surface area contributed by atoms with Crippen LogP contribution in [0.5, 0.6) is 0 Å². The molecule has 78 valence electrons. The predicted octanol–water partition coefficient (Wildman–Crippen LogP) is 1.86. The van der Waals surface area contributed by atoms with Crippen LogP contribution < -0.4 is 5.73 Å². The average molecular weight is 197 g/mol. The smallest absolute Gasteiger partial charge is 0.368 e. The first kappa shape index (κ1) is 12.4. The zero-order valence-electron chi connectivity index (χ0n) is 7.47. The number of alkyl halides is 3. The first-order valence-electron chi connectivity index (χ1n) is 3.97. The van der Waals surface area contributed by atoms with Gasteiger partial charge >= 0.3 is 6.18 Å². The maximum Gasteiger partial charge on any atom is 0.411 e. The van der Waals surface area contributed by atoms with Gasteiger partial charge in [-0.3, -0.25) is 0 Å². The summed E-state index contributed by atoms with van der Waals surface area (Å²) in [6.07, 6.45) is -0.347. The van der Waals surface area contributed by atoms with Crippen molar-refractivity contribution in [3.63, 3.8) is 0 Å². The lowest BCUT2D eigenvalue weighted by Gasteiger charge is -2.04. The van der Waals surface area contributed by atoms with E-state index in [0.29, 0.717) is 6.42 Å². The Bertz CT molecular complexity index is 154. The molecule has 0 aromatic heterocycles. The summed E-state index contributed by atoms with van der Waals surface area (Å²) in [4.78, 5) is 0. The molecule has 0 radical (unpaired) electrons. The highest BCUT2D eigenvalue weighted by atomic mass is 19.4. The molecule has 1 atom stereocenters. The highest BCUT2D eigenvalue weighted by Gasteiger charge is 2.26. The molecule has 2 N–H and O–H groups in total. The zero-order valence-corrected chi connectivity index (χ0v) is 7.47. The SMILES string of the molecule is CC(N)C/C=C\COCC(F)(F)F. The lowest BCUT2D eigenvalue weighted by atomic mass is 10.2. The molecule has 0 rings (SSSR count). The van der Waals surface area contributed by atoms with Crippen LogP contribution in [0.1, 0.15) is 13.3 Å².